The number of ether oxygens (including phenoxy) is 1. The highest BCUT2D eigenvalue weighted by Crippen LogP contribution is 2.15. The smallest absolute Gasteiger partial charge is 0.316 e. The van der Waals surface area contributed by atoms with Gasteiger partial charge in [-0.05, 0) is 42.3 Å². The molecule has 0 amide bonds. The minimum Gasteiger partial charge on any atom is -0.467 e. The van der Waals surface area contributed by atoms with Crippen LogP contribution in [0.4, 0.5) is 0 Å². The van der Waals surface area contributed by atoms with E-state index in [1.807, 2.05) is 12.4 Å². The Bertz CT molecular complexity index is 450. The van der Waals surface area contributed by atoms with Crippen LogP contribution in [0.3, 0.4) is 0 Å². The second-order valence-electron chi connectivity index (χ2n) is 3.64. The lowest BCUT2D eigenvalue weighted by molar-refractivity contribution is 0.379. The number of aryl methyl sites for hydroxylation is 3. The molecule has 2 aromatic heterocycles. The van der Waals surface area contributed by atoms with Crippen molar-refractivity contribution in [2.24, 2.45) is 0 Å². The van der Waals surface area contributed by atoms with E-state index in [1.165, 1.54) is 10.4 Å². The van der Waals surface area contributed by atoms with E-state index in [0.717, 1.165) is 18.4 Å². The van der Waals surface area contributed by atoms with Crippen molar-refractivity contribution in [3.05, 3.63) is 39.8 Å². The molecule has 0 atom stereocenters. The van der Waals surface area contributed by atoms with Gasteiger partial charge >= 0.3 is 6.01 Å². The number of methoxy groups -OCH3 is 1. The molecule has 16 heavy (non-hydrogen) atoms. The molecule has 4 heteroatoms. The van der Waals surface area contributed by atoms with E-state index in [2.05, 4.69) is 28.3 Å². The Hall–Kier alpha value is -1.42. The van der Waals surface area contributed by atoms with Gasteiger partial charge in [-0.1, -0.05) is 0 Å². The van der Waals surface area contributed by atoms with Crippen LogP contribution >= 0.6 is 11.3 Å². The molecule has 0 saturated carbocycles. The highest BCUT2D eigenvalue weighted by molar-refractivity contribution is 7.10. The molecule has 2 aromatic rings. The highest BCUT2D eigenvalue weighted by atomic mass is 32.1. The standard InChI is InChI=1S/C12H14N2OS/c1-9-5-10(8-16-9)3-4-11-6-13-12(15-2)14-7-11/h5-8H,3-4H2,1-2H3. The number of thiophene rings is 1. The van der Waals surface area contributed by atoms with Crippen molar-refractivity contribution in [1.82, 2.24) is 9.97 Å². The predicted molar refractivity (Wildman–Crippen MR) is 65.0 cm³/mol. The van der Waals surface area contributed by atoms with Crippen LogP contribution in [-0.2, 0) is 12.8 Å². The zero-order chi connectivity index (χ0) is 11.4. The summed E-state index contributed by atoms with van der Waals surface area (Å²) in [7, 11) is 1.57. The van der Waals surface area contributed by atoms with Crippen molar-refractivity contribution >= 4 is 11.3 Å². The normalized spacial score (nSPS) is 10.4. The van der Waals surface area contributed by atoms with Gasteiger partial charge in [0, 0.05) is 17.3 Å². The number of rotatable bonds is 4. The van der Waals surface area contributed by atoms with E-state index >= 15 is 0 Å². The van der Waals surface area contributed by atoms with E-state index in [4.69, 9.17) is 4.74 Å². The van der Waals surface area contributed by atoms with E-state index < -0.39 is 0 Å². The molecule has 2 heterocycles. The minimum absolute atomic E-state index is 0.426. The van der Waals surface area contributed by atoms with Gasteiger partial charge in [-0.15, -0.1) is 11.3 Å². The van der Waals surface area contributed by atoms with Crippen molar-refractivity contribution in [3.63, 3.8) is 0 Å². The molecule has 0 radical (unpaired) electrons. The number of hydrogen-bond acceptors (Lipinski definition) is 4. The fraction of sp³-hybridized carbons (Fsp3) is 0.333. The van der Waals surface area contributed by atoms with Crippen LogP contribution in [0.15, 0.2) is 23.8 Å². The van der Waals surface area contributed by atoms with Crippen LogP contribution < -0.4 is 4.74 Å². The van der Waals surface area contributed by atoms with Gasteiger partial charge in [0.15, 0.2) is 0 Å². The minimum atomic E-state index is 0.426. The predicted octanol–water partition coefficient (Wildman–Crippen LogP) is 2.64. The average Bonchev–Trinajstić information content (AvgIpc) is 2.73. The summed E-state index contributed by atoms with van der Waals surface area (Å²) in [6.07, 6.45) is 5.66. The van der Waals surface area contributed by atoms with Crippen LogP contribution in [0.1, 0.15) is 16.0 Å². The molecule has 0 saturated heterocycles. The fourth-order valence-electron chi connectivity index (χ4n) is 1.49. The van der Waals surface area contributed by atoms with Crippen molar-refractivity contribution < 1.29 is 4.74 Å². The monoisotopic (exact) mass is 234 g/mol. The molecule has 0 aliphatic heterocycles. The lowest BCUT2D eigenvalue weighted by Crippen LogP contribution is -1.95. The Morgan fingerprint density at radius 3 is 2.44 bits per heavy atom. The maximum Gasteiger partial charge on any atom is 0.316 e. The maximum atomic E-state index is 4.91. The van der Waals surface area contributed by atoms with Crippen LogP contribution in [0.25, 0.3) is 0 Å². The van der Waals surface area contributed by atoms with E-state index in [0.29, 0.717) is 6.01 Å². The lowest BCUT2D eigenvalue weighted by Gasteiger charge is -2.00. The van der Waals surface area contributed by atoms with Gasteiger partial charge in [-0.3, -0.25) is 0 Å². The summed E-state index contributed by atoms with van der Waals surface area (Å²) >= 11 is 1.79. The molecule has 0 aliphatic rings. The lowest BCUT2D eigenvalue weighted by atomic mass is 10.1. The molecule has 2 rings (SSSR count). The first-order valence-corrected chi connectivity index (χ1v) is 6.05. The number of aromatic nitrogens is 2. The zero-order valence-electron chi connectivity index (χ0n) is 9.43. The van der Waals surface area contributed by atoms with Gasteiger partial charge in [0.25, 0.3) is 0 Å². The Morgan fingerprint density at radius 2 is 1.88 bits per heavy atom. The molecule has 0 spiro atoms. The summed E-state index contributed by atoms with van der Waals surface area (Å²) in [6, 6.07) is 2.66. The van der Waals surface area contributed by atoms with Crippen molar-refractivity contribution in [1.29, 1.82) is 0 Å². The summed E-state index contributed by atoms with van der Waals surface area (Å²) in [5, 5.41) is 2.21. The first-order chi connectivity index (χ1) is 7.78. The largest absolute Gasteiger partial charge is 0.467 e. The van der Waals surface area contributed by atoms with Gasteiger partial charge < -0.3 is 4.74 Å². The molecule has 0 aromatic carbocycles. The third kappa shape index (κ3) is 2.79. The zero-order valence-corrected chi connectivity index (χ0v) is 10.3. The van der Waals surface area contributed by atoms with E-state index in [-0.39, 0.29) is 0 Å². The SMILES string of the molecule is COc1ncc(CCc2csc(C)c2)cn1. The topological polar surface area (TPSA) is 35.0 Å². The van der Waals surface area contributed by atoms with E-state index in [9.17, 15) is 0 Å². The average molecular weight is 234 g/mol. The summed E-state index contributed by atoms with van der Waals surface area (Å²) in [5.74, 6) is 0. The molecule has 0 aliphatic carbocycles. The Morgan fingerprint density at radius 1 is 1.19 bits per heavy atom. The first-order valence-electron chi connectivity index (χ1n) is 5.17. The molecular weight excluding hydrogens is 220 g/mol. The van der Waals surface area contributed by atoms with Crippen molar-refractivity contribution in [2.75, 3.05) is 7.11 Å². The molecule has 0 bridgehead atoms. The second kappa shape index (κ2) is 5.07. The van der Waals surface area contributed by atoms with Gasteiger partial charge in [-0.25, -0.2) is 9.97 Å². The summed E-state index contributed by atoms with van der Waals surface area (Å²) in [4.78, 5) is 9.53. The van der Waals surface area contributed by atoms with Crippen molar-refractivity contribution in [2.45, 2.75) is 19.8 Å². The third-order valence-electron chi connectivity index (χ3n) is 2.35. The van der Waals surface area contributed by atoms with Gasteiger partial charge in [0.2, 0.25) is 0 Å². The Balaban J connectivity index is 1.94. The molecule has 0 N–H and O–H groups in total. The van der Waals surface area contributed by atoms with Crippen LogP contribution in [0.5, 0.6) is 6.01 Å². The molecule has 84 valence electrons. The third-order valence-corrected chi connectivity index (χ3v) is 3.26. The molecule has 0 fully saturated rings. The maximum absolute atomic E-state index is 4.91. The highest BCUT2D eigenvalue weighted by Gasteiger charge is 2.00. The van der Waals surface area contributed by atoms with Crippen LogP contribution in [-0.4, -0.2) is 17.1 Å². The molecule has 3 nitrogen and oxygen atoms in total. The fourth-order valence-corrected chi connectivity index (χ4v) is 2.24. The molecular formula is C12H14N2OS. The quantitative estimate of drug-likeness (QED) is 0.815. The number of hydrogen-bond donors (Lipinski definition) is 0. The van der Waals surface area contributed by atoms with E-state index in [1.54, 1.807) is 18.4 Å². The van der Waals surface area contributed by atoms with Crippen LogP contribution in [0, 0.1) is 6.92 Å². The second-order valence-corrected chi connectivity index (χ2v) is 4.76. The Kier molecular flexibility index (Phi) is 3.51. The first kappa shape index (κ1) is 11.1. The van der Waals surface area contributed by atoms with Gasteiger partial charge in [-0.2, -0.15) is 0 Å². The van der Waals surface area contributed by atoms with Gasteiger partial charge in [0.1, 0.15) is 0 Å². The summed E-state index contributed by atoms with van der Waals surface area (Å²) < 4.78 is 4.91. The van der Waals surface area contributed by atoms with Crippen molar-refractivity contribution in [3.8, 4) is 6.01 Å². The Labute approximate surface area is 99.1 Å². The molecule has 0 unspecified atom stereocenters. The van der Waals surface area contributed by atoms with Gasteiger partial charge in [0.05, 0.1) is 7.11 Å². The van der Waals surface area contributed by atoms with Crippen LogP contribution in [0.2, 0.25) is 0 Å². The number of nitrogens with zero attached hydrogens (tertiary/aromatic N) is 2. The summed E-state index contributed by atoms with van der Waals surface area (Å²) in [5.41, 5.74) is 2.53. The summed E-state index contributed by atoms with van der Waals surface area (Å²) in [6.45, 7) is 2.13.